The fourth-order valence-electron chi connectivity index (χ4n) is 2.83. The predicted octanol–water partition coefficient (Wildman–Crippen LogP) is 3.39. The smallest absolute Gasteiger partial charge is 0.303 e. The molecule has 0 amide bonds. The van der Waals surface area contributed by atoms with Crippen LogP contribution in [0.15, 0.2) is 18.2 Å². The van der Waals surface area contributed by atoms with Crippen molar-refractivity contribution in [3.05, 3.63) is 29.3 Å². The maximum atomic E-state index is 11.5. The Labute approximate surface area is 118 Å². The highest BCUT2D eigenvalue weighted by molar-refractivity contribution is 5.73. The van der Waals surface area contributed by atoms with Crippen LogP contribution in [-0.2, 0) is 15.1 Å². The molecular formula is C16H18O4. The number of carbonyl (C=O) groups is 1. The number of carbonyl (C=O) groups excluding carboxylic acids is 1. The predicted molar refractivity (Wildman–Crippen MR) is 74.6 cm³/mol. The largest absolute Gasteiger partial charge is 0.454 e. The summed E-state index contributed by atoms with van der Waals surface area (Å²) < 4.78 is 16.5. The zero-order valence-corrected chi connectivity index (χ0v) is 11.8. The number of hydrogen-bond acceptors (Lipinski definition) is 4. The summed E-state index contributed by atoms with van der Waals surface area (Å²) in [5.41, 5.74) is 1.37. The summed E-state index contributed by atoms with van der Waals surface area (Å²) in [6.45, 7) is 3.82. The van der Waals surface area contributed by atoms with Crippen LogP contribution in [0.25, 0.3) is 6.08 Å². The first-order valence-corrected chi connectivity index (χ1v) is 6.97. The molecule has 106 valence electrons. The van der Waals surface area contributed by atoms with Crippen molar-refractivity contribution in [3.8, 4) is 11.5 Å². The summed E-state index contributed by atoms with van der Waals surface area (Å²) in [6.07, 6.45) is 6.80. The number of benzene rings is 1. The molecule has 1 aromatic carbocycles. The third-order valence-electron chi connectivity index (χ3n) is 3.76. The fourth-order valence-corrected chi connectivity index (χ4v) is 2.83. The quantitative estimate of drug-likeness (QED) is 0.789. The van der Waals surface area contributed by atoms with E-state index in [1.807, 2.05) is 24.3 Å². The first-order chi connectivity index (χ1) is 9.64. The Morgan fingerprint density at radius 3 is 2.80 bits per heavy atom. The first-order valence-electron chi connectivity index (χ1n) is 6.97. The second-order valence-electron chi connectivity index (χ2n) is 5.21. The van der Waals surface area contributed by atoms with Crippen LogP contribution in [0, 0.1) is 0 Å². The van der Waals surface area contributed by atoms with Gasteiger partial charge < -0.3 is 14.2 Å². The van der Waals surface area contributed by atoms with Gasteiger partial charge in [0.25, 0.3) is 0 Å². The number of unbranched alkanes of at least 4 members (excludes halogenated alkanes) is 1. The van der Waals surface area contributed by atoms with Gasteiger partial charge in [-0.3, -0.25) is 4.79 Å². The van der Waals surface area contributed by atoms with Crippen molar-refractivity contribution in [1.29, 1.82) is 0 Å². The molecule has 3 rings (SSSR count). The van der Waals surface area contributed by atoms with Gasteiger partial charge in [-0.05, 0) is 36.6 Å². The molecule has 1 unspecified atom stereocenters. The molecular weight excluding hydrogens is 256 g/mol. The molecule has 1 heterocycles. The van der Waals surface area contributed by atoms with Gasteiger partial charge in [0.15, 0.2) is 17.1 Å². The SMILES string of the molecule is CCCCC1(OC(C)=O)C=Cc2cc3c(cc21)OCO3. The number of fused-ring (bicyclic) bond motifs is 2. The molecule has 0 spiro atoms. The lowest BCUT2D eigenvalue weighted by atomic mass is 9.90. The monoisotopic (exact) mass is 274 g/mol. The van der Waals surface area contributed by atoms with E-state index in [0.29, 0.717) is 0 Å². The average molecular weight is 274 g/mol. The highest BCUT2D eigenvalue weighted by atomic mass is 16.7. The minimum atomic E-state index is -0.655. The van der Waals surface area contributed by atoms with Crippen LogP contribution in [0.1, 0.15) is 44.2 Å². The second-order valence-corrected chi connectivity index (χ2v) is 5.21. The van der Waals surface area contributed by atoms with Gasteiger partial charge in [0.2, 0.25) is 6.79 Å². The van der Waals surface area contributed by atoms with E-state index >= 15 is 0 Å². The third kappa shape index (κ3) is 2.05. The minimum Gasteiger partial charge on any atom is -0.454 e. The van der Waals surface area contributed by atoms with Crippen LogP contribution in [0.2, 0.25) is 0 Å². The number of hydrogen-bond donors (Lipinski definition) is 0. The van der Waals surface area contributed by atoms with E-state index < -0.39 is 5.60 Å². The second kappa shape index (κ2) is 4.85. The number of rotatable bonds is 4. The fraction of sp³-hybridized carbons (Fsp3) is 0.438. The van der Waals surface area contributed by atoms with E-state index in [4.69, 9.17) is 14.2 Å². The van der Waals surface area contributed by atoms with Crippen LogP contribution in [0.3, 0.4) is 0 Å². The highest BCUT2D eigenvalue weighted by Crippen LogP contribution is 2.46. The van der Waals surface area contributed by atoms with Crippen molar-refractivity contribution in [3.63, 3.8) is 0 Å². The van der Waals surface area contributed by atoms with Crippen molar-refractivity contribution in [2.45, 2.75) is 38.7 Å². The van der Waals surface area contributed by atoms with Gasteiger partial charge >= 0.3 is 5.97 Å². The lowest BCUT2D eigenvalue weighted by molar-refractivity contribution is -0.153. The first kappa shape index (κ1) is 13.0. The van der Waals surface area contributed by atoms with Crippen molar-refractivity contribution >= 4 is 12.0 Å². The van der Waals surface area contributed by atoms with E-state index in [1.165, 1.54) is 6.92 Å². The summed E-state index contributed by atoms with van der Waals surface area (Å²) in [4.78, 5) is 11.5. The van der Waals surface area contributed by atoms with Crippen molar-refractivity contribution in [2.24, 2.45) is 0 Å². The van der Waals surface area contributed by atoms with Gasteiger partial charge in [-0.2, -0.15) is 0 Å². The summed E-state index contributed by atoms with van der Waals surface area (Å²) in [7, 11) is 0. The molecule has 1 aliphatic carbocycles. The zero-order valence-electron chi connectivity index (χ0n) is 11.8. The Kier molecular flexibility index (Phi) is 3.16. The standard InChI is InChI=1S/C16H18O4/c1-3-4-6-16(20-11(2)17)7-5-12-8-14-15(9-13(12)16)19-10-18-14/h5,7-9H,3-4,6,10H2,1-2H3. The Bertz CT molecular complexity index is 576. The van der Waals surface area contributed by atoms with Gasteiger partial charge in [0.05, 0.1) is 0 Å². The van der Waals surface area contributed by atoms with E-state index in [-0.39, 0.29) is 12.8 Å². The summed E-state index contributed by atoms with van der Waals surface area (Å²) in [5.74, 6) is 1.21. The lowest BCUT2D eigenvalue weighted by Gasteiger charge is -2.29. The normalized spacial score (nSPS) is 21.9. The zero-order chi connectivity index (χ0) is 14.2. The summed E-state index contributed by atoms with van der Waals surface area (Å²) in [6, 6.07) is 3.89. The van der Waals surface area contributed by atoms with Crippen LogP contribution in [-0.4, -0.2) is 12.8 Å². The van der Waals surface area contributed by atoms with E-state index in [1.54, 1.807) is 0 Å². The van der Waals surface area contributed by atoms with E-state index in [2.05, 4.69) is 6.92 Å². The molecule has 0 saturated heterocycles. The molecule has 1 atom stereocenters. The molecule has 0 N–H and O–H groups in total. The molecule has 4 heteroatoms. The number of ether oxygens (including phenoxy) is 3. The Morgan fingerprint density at radius 1 is 1.35 bits per heavy atom. The molecule has 4 nitrogen and oxygen atoms in total. The third-order valence-corrected chi connectivity index (χ3v) is 3.76. The van der Waals surface area contributed by atoms with E-state index in [9.17, 15) is 4.79 Å². The maximum absolute atomic E-state index is 11.5. The minimum absolute atomic E-state index is 0.247. The van der Waals surface area contributed by atoms with Gasteiger partial charge in [-0.1, -0.05) is 19.4 Å². The lowest BCUT2D eigenvalue weighted by Crippen LogP contribution is -2.28. The molecule has 0 saturated carbocycles. The highest BCUT2D eigenvalue weighted by Gasteiger charge is 2.39. The topological polar surface area (TPSA) is 44.8 Å². The van der Waals surface area contributed by atoms with E-state index in [0.717, 1.165) is 41.9 Å². The van der Waals surface area contributed by atoms with Gasteiger partial charge in [0.1, 0.15) is 0 Å². The average Bonchev–Trinajstić information content (AvgIpc) is 2.99. The molecule has 0 aromatic heterocycles. The maximum Gasteiger partial charge on any atom is 0.303 e. The summed E-state index contributed by atoms with van der Waals surface area (Å²) >= 11 is 0. The van der Waals surface area contributed by atoms with Crippen LogP contribution < -0.4 is 9.47 Å². The molecule has 1 aliphatic heterocycles. The Hall–Kier alpha value is -1.97. The van der Waals surface area contributed by atoms with Crippen LogP contribution >= 0.6 is 0 Å². The molecule has 0 radical (unpaired) electrons. The molecule has 0 fully saturated rings. The van der Waals surface area contributed by atoms with Crippen LogP contribution in [0.5, 0.6) is 11.5 Å². The van der Waals surface area contributed by atoms with Gasteiger partial charge in [-0.15, -0.1) is 0 Å². The van der Waals surface area contributed by atoms with Gasteiger partial charge in [0, 0.05) is 12.5 Å². The summed E-state index contributed by atoms with van der Waals surface area (Å²) in [5, 5.41) is 0. The van der Waals surface area contributed by atoms with Crippen molar-refractivity contribution < 1.29 is 19.0 Å². The van der Waals surface area contributed by atoms with Gasteiger partial charge in [-0.25, -0.2) is 0 Å². The Morgan fingerprint density at radius 2 is 2.10 bits per heavy atom. The molecule has 1 aromatic rings. The number of esters is 1. The molecule has 20 heavy (non-hydrogen) atoms. The van der Waals surface area contributed by atoms with Crippen LogP contribution in [0.4, 0.5) is 0 Å². The van der Waals surface area contributed by atoms with Crippen molar-refractivity contribution in [1.82, 2.24) is 0 Å². The Balaban J connectivity index is 2.02. The van der Waals surface area contributed by atoms with Crippen molar-refractivity contribution in [2.75, 3.05) is 6.79 Å². The molecule has 2 aliphatic rings. The molecule has 0 bridgehead atoms.